The zero-order valence-electron chi connectivity index (χ0n) is 12.2. The first kappa shape index (κ1) is 18.7. The van der Waals surface area contributed by atoms with Crippen LogP contribution in [-0.2, 0) is 37.5 Å². The maximum atomic E-state index is 11.9. The molecule has 19 heavy (non-hydrogen) atoms. The smallest absolute Gasteiger partial charge is 0.261 e. The standard InChI is InChI=1S/C14H19N2OP.Y/c1-10-7-12(15-3)8-11(2)14(10)16-13(17)9-18(4,5)6;/h7-8H,9H2,1-2,4-6H3;/p+1. The van der Waals surface area contributed by atoms with Gasteiger partial charge in [0.1, 0.15) is 6.16 Å². The molecule has 1 rings (SSSR count). The van der Waals surface area contributed by atoms with Crippen molar-refractivity contribution in [2.45, 2.75) is 13.8 Å². The molecule has 0 aliphatic rings. The van der Waals surface area contributed by atoms with Crippen molar-refractivity contribution in [2.75, 3.05) is 31.5 Å². The van der Waals surface area contributed by atoms with Crippen molar-refractivity contribution in [1.29, 1.82) is 0 Å². The van der Waals surface area contributed by atoms with Gasteiger partial charge < -0.3 is 5.32 Å². The molecule has 99 valence electrons. The molecule has 0 fully saturated rings. The molecule has 3 nitrogen and oxygen atoms in total. The average molecular weight is 352 g/mol. The molecule has 0 heterocycles. The summed E-state index contributed by atoms with van der Waals surface area (Å²) in [5.74, 6) is 0.0672. The summed E-state index contributed by atoms with van der Waals surface area (Å²) < 4.78 is 0. The quantitative estimate of drug-likeness (QED) is 0.653. The minimum atomic E-state index is -1.11. The molecule has 0 aliphatic carbocycles. The van der Waals surface area contributed by atoms with Crippen molar-refractivity contribution >= 4 is 24.5 Å². The summed E-state index contributed by atoms with van der Waals surface area (Å²) in [5.41, 5.74) is 3.36. The fourth-order valence-electron chi connectivity index (χ4n) is 1.81. The van der Waals surface area contributed by atoms with Gasteiger partial charge in [0.05, 0.1) is 6.57 Å². The predicted octanol–water partition coefficient (Wildman–Crippen LogP) is 3.70. The Bertz CT molecular complexity index is 492. The second-order valence-electron chi connectivity index (χ2n) is 5.56. The summed E-state index contributed by atoms with van der Waals surface area (Å²) in [7, 11) is -1.11. The first-order chi connectivity index (χ1) is 8.23. The number of aryl methyl sites for hydroxylation is 2. The molecule has 0 atom stereocenters. The van der Waals surface area contributed by atoms with Crippen LogP contribution in [0.25, 0.3) is 4.85 Å². The summed E-state index contributed by atoms with van der Waals surface area (Å²) in [6.07, 6.45) is 0.594. The molecule has 0 saturated carbocycles. The number of anilines is 1. The topological polar surface area (TPSA) is 33.5 Å². The Morgan fingerprint density at radius 2 is 1.74 bits per heavy atom. The van der Waals surface area contributed by atoms with E-state index in [2.05, 4.69) is 30.2 Å². The van der Waals surface area contributed by atoms with Gasteiger partial charge in [0, 0.05) is 65.7 Å². The van der Waals surface area contributed by atoms with Gasteiger partial charge in [-0.2, -0.15) is 0 Å². The fourth-order valence-corrected chi connectivity index (χ4v) is 2.75. The molecule has 0 aliphatic heterocycles. The SMILES string of the molecule is [C-]#[N+]c1cc(C)c(NC(=O)C[P+](C)(C)C)c(C)c1.[Y]. The first-order valence-electron chi connectivity index (χ1n) is 5.82. The van der Waals surface area contributed by atoms with Crippen molar-refractivity contribution in [3.05, 3.63) is 34.7 Å². The largest absolute Gasteiger partial charge is 0.323 e. The molecule has 0 aromatic heterocycles. The minimum absolute atomic E-state index is 0. The Balaban J connectivity index is 0.00000324. The summed E-state index contributed by atoms with van der Waals surface area (Å²) in [5, 5.41) is 2.97. The minimum Gasteiger partial charge on any atom is -0.323 e. The summed E-state index contributed by atoms with van der Waals surface area (Å²) in [6.45, 7) is 17.3. The van der Waals surface area contributed by atoms with Gasteiger partial charge in [-0.3, -0.25) is 4.79 Å². The fraction of sp³-hybridized carbons (Fsp3) is 0.429. The van der Waals surface area contributed by atoms with Gasteiger partial charge in [-0.1, -0.05) is 12.1 Å². The maximum Gasteiger partial charge on any atom is 0.261 e. The van der Waals surface area contributed by atoms with Crippen LogP contribution in [-0.4, -0.2) is 32.1 Å². The number of amides is 1. The van der Waals surface area contributed by atoms with Crippen molar-refractivity contribution in [3.8, 4) is 0 Å². The van der Waals surface area contributed by atoms with Crippen LogP contribution in [0.3, 0.4) is 0 Å². The van der Waals surface area contributed by atoms with E-state index >= 15 is 0 Å². The van der Waals surface area contributed by atoms with Crippen molar-refractivity contribution in [2.24, 2.45) is 0 Å². The van der Waals surface area contributed by atoms with E-state index in [1.165, 1.54) is 0 Å². The van der Waals surface area contributed by atoms with E-state index in [4.69, 9.17) is 6.57 Å². The van der Waals surface area contributed by atoms with Crippen LogP contribution >= 0.6 is 7.26 Å². The maximum absolute atomic E-state index is 11.9. The van der Waals surface area contributed by atoms with Crippen LogP contribution in [0.15, 0.2) is 12.1 Å². The number of rotatable bonds is 3. The second kappa shape index (κ2) is 7.48. The van der Waals surface area contributed by atoms with E-state index in [1.54, 1.807) is 0 Å². The number of nitrogens with zero attached hydrogens (tertiary/aromatic N) is 1. The van der Waals surface area contributed by atoms with Gasteiger partial charge in [-0.05, 0) is 25.0 Å². The predicted molar refractivity (Wildman–Crippen MR) is 80.4 cm³/mol. The molecule has 0 bridgehead atoms. The van der Waals surface area contributed by atoms with E-state index in [-0.39, 0.29) is 38.6 Å². The Morgan fingerprint density at radius 1 is 1.26 bits per heavy atom. The van der Waals surface area contributed by atoms with Crippen molar-refractivity contribution in [1.82, 2.24) is 0 Å². The molecule has 0 saturated heterocycles. The molecule has 1 radical (unpaired) electrons. The van der Waals surface area contributed by atoms with Gasteiger partial charge in [-0.25, -0.2) is 4.85 Å². The summed E-state index contributed by atoms with van der Waals surface area (Å²) >= 11 is 0. The van der Waals surface area contributed by atoms with Gasteiger partial charge >= 0.3 is 0 Å². The monoisotopic (exact) mass is 352 g/mol. The molecule has 1 amide bonds. The number of nitrogens with one attached hydrogen (secondary N) is 1. The molecule has 1 aromatic rings. The molecule has 1 N–H and O–H groups in total. The van der Waals surface area contributed by atoms with Gasteiger partial charge in [0.15, 0.2) is 5.69 Å². The molecular formula is C14H20N2OPY+. The van der Waals surface area contributed by atoms with Crippen LogP contribution in [0.2, 0.25) is 0 Å². The summed E-state index contributed by atoms with van der Waals surface area (Å²) in [4.78, 5) is 15.4. The number of carbonyl (C=O) groups excluding carboxylic acids is 1. The second-order valence-corrected chi connectivity index (χ2v) is 10.5. The molecule has 0 unspecified atom stereocenters. The number of carbonyl (C=O) groups is 1. The van der Waals surface area contributed by atoms with Gasteiger partial charge in [0.25, 0.3) is 5.91 Å². The van der Waals surface area contributed by atoms with E-state index in [9.17, 15) is 4.79 Å². The van der Waals surface area contributed by atoms with E-state index in [0.29, 0.717) is 11.8 Å². The third-order valence-electron chi connectivity index (χ3n) is 2.53. The average Bonchev–Trinajstić information content (AvgIpc) is 2.20. The zero-order valence-corrected chi connectivity index (χ0v) is 16.0. The Labute approximate surface area is 141 Å². The van der Waals surface area contributed by atoms with E-state index < -0.39 is 7.26 Å². The van der Waals surface area contributed by atoms with Crippen molar-refractivity contribution < 1.29 is 37.5 Å². The molecule has 0 spiro atoms. The normalized spacial score (nSPS) is 10.3. The van der Waals surface area contributed by atoms with Crippen LogP contribution in [0, 0.1) is 20.4 Å². The van der Waals surface area contributed by atoms with Crippen LogP contribution in [0.4, 0.5) is 11.4 Å². The molecule has 5 heteroatoms. The van der Waals surface area contributed by atoms with Gasteiger partial charge in [0.2, 0.25) is 0 Å². The third kappa shape index (κ3) is 6.13. The first-order valence-corrected chi connectivity index (χ1v) is 9.13. The Hall–Kier alpha value is -0.286. The third-order valence-corrected chi connectivity index (χ3v) is 3.76. The van der Waals surface area contributed by atoms with Gasteiger partial charge in [-0.15, -0.1) is 0 Å². The van der Waals surface area contributed by atoms with Crippen LogP contribution in [0.1, 0.15) is 11.1 Å². The number of benzene rings is 1. The molecular weight excluding hydrogens is 332 g/mol. The van der Waals surface area contributed by atoms with E-state index in [0.717, 1.165) is 16.8 Å². The van der Waals surface area contributed by atoms with Crippen LogP contribution < -0.4 is 5.32 Å². The van der Waals surface area contributed by atoms with Crippen LogP contribution in [0.5, 0.6) is 0 Å². The number of hydrogen-bond acceptors (Lipinski definition) is 1. The zero-order chi connectivity index (χ0) is 13.9. The molecule has 1 aromatic carbocycles. The number of hydrogen-bond donors (Lipinski definition) is 1. The Morgan fingerprint density at radius 3 is 2.11 bits per heavy atom. The van der Waals surface area contributed by atoms with Crippen molar-refractivity contribution in [3.63, 3.8) is 0 Å². The summed E-state index contributed by atoms with van der Waals surface area (Å²) in [6, 6.07) is 3.61. The Kier molecular flexibility index (Phi) is 7.37. The van der Waals surface area contributed by atoms with E-state index in [1.807, 2.05) is 26.0 Å².